The smallest absolute Gasteiger partial charge is 0.342 e. The molecule has 1 aromatic rings. The number of rotatable bonds is 5. The molecule has 23 heavy (non-hydrogen) atoms. The molecule has 2 aliphatic heterocycles. The molecule has 0 aromatic heterocycles. The molecule has 0 N–H and O–H groups in total. The van der Waals surface area contributed by atoms with Gasteiger partial charge in [0.15, 0.2) is 0 Å². The largest absolute Gasteiger partial charge is 0.492 e. The van der Waals surface area contributed by atoms with E-state index >= 15 is 0 Å². The summed E-state index contributed by atoms with van der Waals surface area (Å²) in [5, 5.41) is 0.589. The number of piperazine rings is 1. The number of hydrogen-bond donors (Lipinski definition) is 0. The van der Waals surface area contributed by atoms with E-state index in [9.17, 15) is 4.79 Å². The Balaban J connectivity index is 1.62. The van der Waals surface area contributed by atoms with Crippen molar-refractivity contribution in [2.45, 2.75) is 0 Å². The lowest BCUT2D eigenvalue weighted by atomic mass is 10.1. The zero-order valence-electron chi connectivity index (χ0n) is 13.3. The summed E-state index contributed by atoms with van der Waals surface area (Å²) in [6.07, 6.45) is 0. The molecule has 2 heterocycles. The van der Waals surface area contributed by atoms with Gasteiger partial charge in [-0.05, 0) is 24.7 Å². The lowest BCUT2D eigenvalue weighted by molar-refractivity contribution is -0.134. The molecule has 2 aliphatic rings. The maximum Gasteiger partial charge on any atom is 0.342 e. The minimum Gasteiger partial charge on any atom is -0.492 e. The van der Waals surface area contributed by atoms with E-state index in [1.807, 2.05) is 12.1 Å². The number of hydrogen-bond acceptors (Lipinski definition) is 5. The van der Waals surface area contributed by atoms with Crippen molar-refractivity contribution in [3.8, 4) is 0 Å². The van der Waals surface area contributed by atoms with Crippen molar-refractivity contribution in [1.29, 1.82) is 0 Å². The fraction of sp³-hybridized carbons (Fsp3) is 0.471. The Morgan fingerprint density at radius 2 is 2.04 bits per heavy atom. The number of ether oxygens (including phenoxy) is 2. The van der Waals surface area contributed by atoms with Gasteiger partial charge < -0.3 is 14.4 Å². The van der Waals surface area contributed by atoms with Crippen LogP contribution in [0.4, 0.5) is 0 Å². The van der Waals surface area contributed by atoms with Crippen LogP contribution in [0.5, 0.6) is 0 Å². The third-order valence-electron chi connectivity index (χ3n) is 4.21. The molecule has 1 fully saturated rings. The molecule has 0 amide bonds. The first-order chi connectivity index (χ1) is 11.1. The van der Waals surface area contributed by atoms with Crippen molar-refractivity contribution in [3.63, 3.8) is 0 Å². The van der Waals surface area contributed by atoms with Gasteiger partial charge in [-0.25, -0.2) is 4.79 Å². The SMILES string of the molecule is CN1CCN(CCOC2=C(c3cccc(Cl)c3)C(=O)OC2)CC1. The van der Waals surface area contributed by atoms with Crippen molar-refractivity contribution >= 4 is 23.1 Å². The average Bonchev–Trinajstić information content (AvgIpc) is 2.90. The Bertz CT molecular complexity index is 610. The van der Waals surface area contributed by atoms with Crippen molar-refractivity contribution in [2.75, 3.05) is 53.0 Å². The van der Waals surface area contributed by atoms with Gasteiger partial charge in [0.1, 0.15) is 24.5 Å². The van der Waals surface area contributed by atoms with Gasteiger partial charge in [-0.15, -0.1) is 0 Å². The van der Waals surface area contributed by atoms with Gasteiger partial charge >= 0.3 is 5.97 Å². The lowest BCUT2D eigenvalue weighted by Crippen LogP contribution is -2.45. The summed E-state index contributed by atoms with van der Waals surface area (Å²) in [7, 11) is 2.14. The van der Waals surface area contributed by atoms with E-state index < -0.39 is 0 Å². The molecular weight excluding hydrogens is 316 g/mol. The zero-order valence-corrected chi connectivity index (χ0v) is 14.0. The molecule has 1 saturated heterocycles. The number of halogens is 1. The highest BCUT2D eigenvalue weighted by Crippen LogP contribution is 2.28. The number of likely N-dealkylation sites (N-methyl/N-ethyl adjacent to an activating group) is 1. The average molecular weight is 337 g/mol. The van der Waals surface area contributed by atoms with E-state index in [-0.39, 0.29) is 12.6 Å². The Morgan fingerprint density at radius 1 is 1.26 bits per heavy atom. The van der Waals surface area contributed by atoms with Crippen LogP contribution in [0.25, 0.3) is 5.57 Å². The van der Waals surface area contributed by atoms with Crippen LogP contribution in [0.1, 0.15) is 5.56 Å². The molecule has 3 rings (SSSR count). The second-order valence-corrected chi connectivity index (χ2v) is 6.31. The summed E-state index contributed by atoms with van der Waals surface area (Å²) in [6.45, 7) is 5.87. The van der Waals surface area contributed by atoms with E-state index in [1.165, 1.54) is 0 Å². The molecule has 1 aromatic carbocycles. The quantitative estimate of drug-likeness (QED) is 0.768. The molecule has 0 aliphatic carbocycles. The van der Waals surface area contributed by atoms with Crippen LogP contribution in [-0.4, -0.2) is 68.8 Å². The highest BCUT2D eigenvalue weighted by atomic mass is 35.5. The highest BCUT2D eigenvalue weighted by molar-refractivity contribution is 6.31. The molecule has 0 atom stereocenters. The second-order valence-electron chi connectivity index (χ2n) is 5.88. The van der Waals surface area contributed by atoms with Crippen LogP contribution in [-0.2, 0) is 14.3 Å². The van der Waals surface area contributed by atoms with Gasteiger partial charge in [-0.1, -0.05) is 23.7 Å². The summed E-state index contributed by atoms with van der Waals surface area (Å²) in [6, 6.07) is 7.20. The van der Waals surface area contributed by atoms with Gasteiger partial charge in [0.05, 0.1) is 0 Å². The highest BCUT2D eigenvalue weighted by Gasteiger charge is 2.28. The van der Waals surface area contributed by atoms with Crippen LogP contribution in [0, 0.1) is 0 Å². The van der Waals surface area contributed by atoms with Crippen LogP contribution in [0.3, 0.4) is 0 Å². The van der Waals surface area contributed by atoms with Gasteiger partial charge in [-0.3, -0.25) is 4.90 Å². The van der Waals surface area contributed by atoms with Crippen molar-refractivity contribution in [2.24, 2.45) is 0 Å². The lowest BCUT2D eigenvalue weighted by Gasteiger charge is -2.32. The topological polar surface area (TPSA) is 42.0 Å². The number of esters is 1. The van der Waals surface area contributed by atoms with Crippen molar-refractivity contribution in [1.82, 2.24) is 9.80 Å². The fourth-order valence-electron chi connectivity index (χ4n) is 2.80. The second kappa shape index (κ2) is 7.34. The molecule has 0 saturated carbocycles. The standard InChI is InChI=1S/C17H21ClN2O3/c1-19-5-7-20(8-6-19)9-10-22-15-12-23-17(21)16(15)13-3-2-4-14(18)11-13/h2-4,11H,5-10,12H2,1H3. The molecule has 0 spiro atoms. The summed E-state index contributed by atoms with van der Waals surface area (Å²) in [5.41, 5.74) is 1.24. The third-order valence-corrected chi connectivity index (χ3v) is 4.45. The molecule has 124 valence electrons. The maximum atomic E-state index is 12.0. The molecule has 0 unspecified atom stereocenters. The monoisotopic (exact) mass is 336 g/mol. The molecule has 0 bridgehead atoms. The molecular formula is C17H21ClN2O3. The Labute approximate surface area is 141 Å². The first-order valence-electron chi connectivity index (χ1n) is 7.83. The maximum absolute atomic E-state index is 12.0. The molecule has 0 radical (unpaired) electrons. The van der Waals surface area contributed by atoms with E-state index in [2.05, 4.69) is 16.8 Å². The first kappa shape index (κ1) is 16.3. The van der Waals surface area contributed by atoms with Gasteiger partial charge in [0.25, 0.3) is 0 Å². The summed E-state index contributed by atoms with van der Waals surface area (Å²) in [5.74, 6) is 0.258. The van der Waals surface area contributed by atoms with Crippen LogP contribution in [0.15, 0.2) is 30.0 Å². The summed E-state index contributed by atoms with van der Waals surface area (Å²) < 4.78 is 11.0. The third kappa shape index (κ3) is 4.05. The number of carbonyl (C=O) groups excluding carboxylic acids is 1. The van der Waals surface area contributed by atoms with E-state index in [0.717, 1.165) is 38.3 Å². The van der Waals surface area contributed by atoms with Gasteiger partial charge in [0, 0.05) is 37.7 Å². The van der Waals surface area contributed by atoms with E-state index in [4.69, 9.17) is 21.1 Å². The number of carbonyl (C=O) groups is 1. The van der Waals surface area contributed by atoms with Crippen LogP contribution in [0.2, 0.25) is 5.02 Å². The molecule has 6 heteroatoms. The van der Waals surface area contributed by atoms with Crippen LogP contribution >= 0.6 is 11.6 Å². The van der Waals surface area contributed by atoms with Crippen LogP contribution < -0.4 is 0 Å². The number of cyclic esters (lactones) is 1. The van der Waals surface area contributed by atoms with E-state index in [0.29, 0.717) is 23.0 Å². The normalized spacial score (nSPS) is 20.0. The van der Waals surface area contributed by atoms with Crippen molar-refractivity contribution in [3.05, 3.63) is 40.6 Å². The fourth-order valence-corrected chi connectivity index (χ4v) is 2.99. The Morgan fingerprint density at radius 3 is 2.78 bits per heavy atom. The number of nitrogens with zero attached hydrogens (tertiary/aromatic N) is 2. The Hall–Kier alpha value is -1.56. The van der Waals surface area contributed by atoms with Crippen molar-refractivity contribution < 1.29 is 14.3 Å². The zero-order chi connectivity index (χ0) is 16.2. The minimum atomic E-state index is -0.345. The minimum absolute atomic E-state index is 0.198. The predicted octanol–water partition coefficient (Wildman–Crippen LogP) is 1.87. The Kier molecular flexibility index (Phi) is 5.20. The molecule has 5 nitrogen and oxygen atoms in total. The first-order valence-corrected chi connectivity index (χ1v) is 8.21. The summed E-state index contributed by atoms with van der Waals surface area (Å²) in [4.78, 5) is 16.7. The summed E-state index contributed by atoms with van der Waals surface area (Å²) >= 11 is 6.01. The number of benzene rings is 1. The van der Waals surface area contributed by atoms with Gasteiger partial charge in [0.2, 0.25) is 0 Å². The predicted molar refractivity (Wildman–Crippen MR) is 89.2 cm³/mol. The van der Waals surface area contributed by atoms with E-state index in [1.54, 1.807) is 12.1 Å². The van der Waals surface area contributed by atoms with Gasteiger partial charge in [-0.2, -0.15) is 0 Å².